The minimum atomic E-state index is -0.994. The van der Waals surface area contributed by atoms with Gasteiger partial charge in [-0.1, -0.05) is 90.4 Å². The number of carbonyl (C=O) groups excluding carboxylic acids is 1. The van der Waals surface area contributed by atoms with E-state index in [4.69, 9.17) is 9.84 Å². The highest BCUT2D eigenvalue weighted by molar-refractivity contribution is 5.73. The van der Waals surface area contributed by atoms with Crippen LogP contribution in [0.5, 0.6) is 0 Å². The maximum Gasteiger partial charge on any atom is 0.334 e. The predicted molar refractivity (Wildman–Crippen MR) is 104 cm³/mol. The largest absolute Gasteiger partial charge is 0.464 e. The molecule has 0 aromatic heterocycles. The third-order valence-corrected chi connectivity index (χ3v) is 4.29. The third-order valence-electron chi connectivity index (χ3n) is 4.29. The fraction of sp³-hybridized carbons (Fsp3) is 0.952. The van der Waals surface area contributed by atoms with Crippen molar-refractivity contribution >= 4 is 5.97 Å². The van der Waals surface area contributed by atoms with Crippen LogP contribution >= 0.6 is 0 Å². The molecule has 1 unspecified atom stereocenters. The number of rotatable bonds is 16. The molecule has 0 aromatic rings. The average Bonchev–Trinajstić information content (AvgIpc) is 3.47. The summed E-state index contributed by atoms with van der Waals surface area (Å²) in [5.74, 6) is -0.505. The monoisotopic (exact) mass is 358 g/mol. The lowest BCUT2D eigenvalue weighted by molar-refractivity contribution is -0.152. The Hall–Kier alpha value is -0.610. The summed E-state index contributed by atoms with van der Waals surface area (Å²) in [5.41, 5.74) is 0. The predicted octanol–water partition coefficient (Wildman–Crippen LogP) is 5.41. The van der Waals surface area contributed by atoms with E-state index in [1.165, 1.54) is 84.0 Å². The number of epoxide rings is 1. The van der Waals surface area contributed by atoms with Crippen molar-refractivity contribution in [3.63, 3.8) is 0 Å². The van der Waals surface area contributed by atoms with Gasteiger partial charge in [0.05, 0.1) is 19.8 Å². The van der Waals surface area contributed by atoms with E-state index in [0.29, 0.717) is 6.61 Å². The average molecular weight is 359 g/mol. The van der Waals surface area contributed by atoms with Crippen molar-refractivity contribution in [3.05, 3.63) is 0 Å². The highest BCUT2D eigenvalue weighted by Crippen LogP contribution is 2.12. The molecule has 1 N–H and O–H groups in total. The van der Waals surface area contributed by atoms with Gasteiger partial charge in [-0.05, 0) is 13.3 Å². The van der Waals surface area contributed by atoms with E-state index in [2.05, 4.69) is 11.7 Å². The molecular formula is C21H42O4. The molecule has 0 aliphatic carbocycles. The van der Waals surface area contributed by atoms with Gasteiger partial charge in [-0.2, -0.15) is 0 Å². The Bertz CT molecular complexity index is 274. The molecule has 0 aromatic carbocycles. The van der Waals surface area contributed by atoms with Crippen molar-refractivity contribution in [3.8, 4) is 0 Å². The second kappa shape index (κ2) is 19.7. The highest BCUT2D eigenvalue weighted by atomic mass is 16.6. The summed E-state index contributed by atoms with van der Waals surface area (Å²) in [6.45, 7) is 6.15. The lowest BCUT2D eigenvalue weighted by Gasteiger charge is -2.06. The topological polar surface area (TPSA) is 59.1 Å². The van der Waals surface area contributed by atoms with Gasteiger partial charge in [0, 0.05) is 0 Å². The standard InChI is InChI=1S/C19H38O3.C2H4O/c1-3-4-5-6-7-8-9-10-11-12-13-14-15-16-17-22-19(21)18(2)20;1-2-3-1/h18,20H,3-17H2,1-2H3;1-2H2. The molecule has 1 rings (SSSR count). The van der Waals surface area contributed by atoms with E-state index in [-0.39, 0.29) is 0 Å². The molecule has 25 heavy (non-hydrogen) atoms. The maximum atomic E-state index is 11.0. The number of aliphatic hydroxyl groups excluding tert-OH is 1. The van der Waals surface area contributed by atoms with Crippen LogP contribution in [-0.4, -0.2) is 37.0 Å². The SMILES string of the molecule is C1CO1.CCCCCCCCCCCCCCCCOC(=O)C(C)O. The fourth-order valence-electron chi connectivity index (χ4n) is 2.59. The number of hydrogen-bond acceptors (Lipinski definition) is 4. The molecule has 0 spiro atoms. The Balaban J connectivity index is 0.00000171. The van der Waals surface area contributed by atoms with Gasteiger partial charge in [0.15, 0.2) is 0 Å². The minimum Gasteiger partial charge on any atom is -0.464 e. The normalized spacial score (nSPS) is 13.7. The van der Waals surface area contributed by atoms with Crippen LogP contribution in [0.15, 0.2) is 0 Å². The van der Waals surface area contributed by atoms with Crippen molar-refractivity contribution < 1.29 is 19.4 Å². The van der Waals surface area contributed by atoms with Crippen LogP contribution in [0.3, 0.4) is 0 Å². The summed E-state index contributed by atoms with van der Waals surface area (Å²) in [4.78, 5) is 11.0. The van der Waals surface area contributed by atoms with Crippen LogP contribution in [0.25, 0.3) is 0 Å². The second-order valence-corrected chi connectivity index (χ2v) is 7.05. The van der Waals surface area contributed by atoms with Gasteiger partial charge in [0.2, 0.25) is 0 Å². The van der Waals surface area contributed by atoms with E-state index < -0.39 is 12.1 Å². The smallest absolute Gasteiger partial charge is 0.334 e. The minimum absolute atomic E-state index is 0.446. The second-order valence-electron chi connectivity index (χ2n) is 7.05. The van der Waals surface area contributed by atoms with E-state index in [1.807, 2.05) is 0 Å². The molecule has 1 saturated heterocycles. The van der Waals surface area contributed by atoms with Gasteiger partial charge in [0.1, 0.15) is 6.10 Å². The van der Waals surface area contributed by atoms with Crippen molar-refractivity contribution in [2.45, 2.75) is 110 Å². The Morgan fingerprint density at radius 3 is 1.52 bits per heavy atom. The molecule has 1 heterocycles. The summed E-state index contributed by atoms with van der Waals surface area (Å²) in [6.07, 6.45) is 17.5. The van der Waals surface area contributed by atoms with Crippen LogP contribution in [0.2, 0.25) is 0 Å². The number of unbranched alkanes of at least 4 members (excludes halogenated alkanes) is 13. The Morgan fingerprint density at radius 1 is 0.840 bits per heavy atom. The van der Waals surface area contributed by atoms with Gasteiger partial charge < -0.3 is 14.6 Å². The molecular weight excluding hydrogens is 316 g/mol. The van der Waals surface area contributed by atoms with Crippen molar-refractivity contribution in [2.24, 2.45) is 0 Å². The third kappa shape index (κ3) is 23.4. The molecule has 1 atom stereocenters. The Labute approximate surface area is 155 Å². The van der Waals surface area contributed by atoms with Crippen LogP contribution in [0.4, 0.5) is 0 Å². The zero-order chi connectivity index (χ0) is 18.6. The van der Waals surface area contributed by atoms with Crippen LogP contribution in [0.1, 0.15) is 104 Å². The molecule has 1 aliphatic heterocycles. The van der Waals surface area contributed by atoms with Crippen molar-refractivity contribution in [1.29, 1.82) is 0 Å². The van der Waals surface area contributed by atoms with Crippen molar-refractivity contribution in [1.82, 2.24) is 0 Å². The van der Waals surface area contributed by atoms with Crippen molar-refractivity contribution in [2.75, 3.05) is 19.8 Å². The summed E-state index contributed by atoms with van der Waals surface area (Å²) < 4.78 is 9.42. The molecule has 0 bridgehead atoms. The molecule has 150 valence electrons. The summed E-state index contributed by atoms with van der Waals surface area (Å²) in [7, 11) is 0. The van der Waals surface area contributed by atoms with Gasteiger partial charge >= 0.3 is 5.97 Å². The number of carbonyl (C=O) groups is 1. The maximum absolute atomic E-state index is 11.0. The van der Waals surface area contributed by atoms with E-state index in [0.717, 1.165) is 26.1 Å². The number of hydrogen-bond donors (Lipinski definition) is 1. The lowest BCUT2D eigenvalue weighted by Crippen LogP contribution is -2.19. The van der Waals surface area contributed by atoms with Gasteiger partial charge in [0.25, 0.3) is 0 Å². The lowest BCUT2D eigenvalue weighted by atomic mass is 10.0. The summed E-state index contributed by atoms with van der Waals surface area (Å²) >= 11 is 0. The van der Waals surface area contributed by atoms with Crippen LogP contribution in [0, 0.1) is 0 Å². The fourth-order valence-corrected chi connectivity index (χ4v) is 2.59. The number of aliphatic hydroxyl groups is 1. The number of ether oxygens (including phenoxy) is 2. The summed E-state index contributed by atoms with van der Waals surface area (Å²) in [6, 6.07) is 0. The van der Waals surface area contributed by atoms with E-state index in [9.17, 15) is 4.79 Å². The van der Waals surface area contributed by atoms with Gasteiger partial charge in [-0.15, -0.1) is 0 Å². The Kier molecular flexibility index (Phi) is 19.2. The van der Waals surface area contributed by atoms with Gasteiger partial charge in [-0.25, -0.2) is 4.79 Å². The molecule has 4 nitrogen and oxygen atoms in total. The molecule has 0 radical (unpaired) electrons. The molecule has 1 aliphatic rings. The zero-order valence-corrected chi connectivity index (χ0v) is 16.8. The first-order chi connectivity index (χ1) is 12.2. The first-order valence-electron chi connectivity index (χ1n) is 10.6. The van der Waals surface area contributed by atoms with E-state index >= 15 is 0 Å². The van der Waals surface area contributed by atoms with E-state index in [1.54, 1.807) is 0 Å². The van der Waals surface area contributed by atoms with Crippen LogP contribution in [-0.2, 0) is 14.3 Å². The number of esters is 1. The molecule has 0 amide bonds. The first kappa shape index (κ1) is 24.4. The zero-order valence-electron chi connectivity index (χ0n) is 16.8. The quantitative estimate of drug-likeness (QED) is 0.228. The molecule has 4 heteroatoms. The summed E-state index contributed by atoms with van der Waals surface area (Å²) in [5, 5.41) is 8.96. The Morgan fingerprint density at radius 2 is 1.20 bits per heavy atom. The highest BCUT2D eigenvalue weighted by Gasteiger charge is 2.08. The molecule has 0 saturated carbocycles. The van der Waals surface area contributed by atoms with Crippen LogP contribution < -0.4 is 0 Å². The van der Waals surface area contributed by atoms with Gasteiger partial charge in [-0.3, -0.25) is 0 Å². The first-order valence-corrected chi connectivity index (χ1v) is 10.6. The molecule has 1 fully saturated rings.